The van der Waals surface area contributed by atoms with Crippen molar-refractivity contribution in [2.75, 3.05) is 37.7 Å². The first kappa shape index (κ1) is 26.8. The van der Waals surface area contributed by atoms with Crippen LogP contribution in [0.3, 0.4) is 0 Å². The predicted octanol–water partition coefficient (Wildman–Crippen LogP) is 6.13. The van der Waals surface area contributed by atoms with Crippen LogP contribution in [0, 0.1) is 17.7 Å². The highest BCUT2D eigenvalue weighted by molar-refractivity contribution is 5.92. The molecule has 4 atom stereocenters. The van der Waals surface area contributed by atoms with Gasteiger partial charge in [-0.05, 0) is 56.0 Å². The molecule has 41 heavy (non-hydrogen) atoms. The number of hydrogen-bond donors (Lipinski definition) is 0. The van der Waals surface area contributed by atoms with Gasteiger partial charge in [0, 0.05) is 37.8 Å². The van der Waals surface area contributed by atoms with Crippen molar-refractivity contribution in [3.8, 4) is 17.3 Å². The summed E-state index contributed by atoms with van der Waals surface area (Å²) in [5.41, 5.74) is -0.649. The van der Waals surface area contributed by atoms with E-state index < -0.39 is 30.1 Å². The average Bonchev–Trinajstić information content (AvgIpc) is 3.57. The molecule has 1 aromatic carbocycles. The van der Waals surface area contributed by atoms with Crippen LogP contribution < -0.4 is 9.64 Å². The van der Waals surface area contributed by atoms with Crippen LogP contribution in [-0.4, -0.2) is 70.5 Å². The van der Waals surface area contributed by atoms with Crippen molar-refractivity contribution in [1.82, 2.24) is 19.9 Å². The second kappa shape index (κ2) is 10.0. The standard InChI is InChI=1S/C30H32F5N5O/c31-21-12-29(8-3-9-40(29)16-21)17-41-28-37-26-23(27(38-28)39-14-18-6-7-19(10-18)15-39)13-36-25(24(26)32)22-5-2-1-4-20(22)11-30(33,34)35/h1-2,4-5,13,18-19,21H,3,6-12,14-17H2/t18?,19?,21-,29+/m1/s1. The molecule has 6 nitrogen and oxygen atoms in total. The largest absolute Gasteiger partial charge is 0.461 e. The minimum Gasteiger partial charge on any atom is -0.461 e. The number of fused-ring (bicyclic) bond motifs is 4. The van der Waals surface area contributed by atoms with E-state index in [2.05, 4.69) is 19.8 Å². The molecule has 0 spiro atoms. The van der Waals surface area contributed by atoms with E-state index in [0.29, 0.717) is 36.0 Å². The van der Waals surface area contributed by atoms with Gasteiger partial charge in [0.15, 0.2) is 5.82 Å². The molecule has 218 valence electrons. The summed E-state index contributed by atoms with van der Waals surface area (Å²) in [5, 5.41) is 0.401. The summed E-state index contributed by atoms with van der Waals surface area (Å²) < 4.78 is 76.7. The van der Waals surface area contributed by atoms with Crippen molar-refractivity contribution < 1.29 is 26.7 Å². The lowest BCUT2D eigenvalue weighted by Gasteiger charge is -2.34. The third kappa shape index (κ3) is 5.00. The Hall–Kier alpha value is -3.08. The second-order valence-corrected chi connectivity index (χ2v) is 12.3. The molecule has 11 heteroatoms. The SMILES string of the molecule is Fc1c(-c2ccccc2CC(F)(F)F)ncc2c(N3CC4CCC(C4)C3)nc(OC[C@@]34CCCN3C[C@H](F)C4)nc12. The lowest BCUT2D eigenvalue weighted by Crippen LogP contribution is -2.43. The van der Waals surface area contributed by atoms with E-state index in [0.717, 1.165) is 45.3 Å². The summed E-state index contributed by atoms with van der Waals surface area (Å²) in [6.45, 7) is 2.94. The van der Waals surface area contributed by atoms with Crippen LogP contribution >= 0.6 is 0 Å². The van der Waals surface area contributed by atoms with Crippen molar-refractivity contribution in [2.45, 2.75) is 62.8 Å². The quantitative estimate of drug-likeness (QED) is 0.331. The Balaban J connectivity index is 1.30. The molecule has 4 aliphatic rings. The van der Waals surface area contributed by atoms with Crippen LogP contribution in [0.1, 0.15) is 44.1 Å². The van der Waals surface area contributed by atoms with Crippen LogP contribution in [0.4, 0.5) is 27.8 Å². The molecule has 1 saturated carbocycles. The Morgan fingerprint density at radius 2 is 1.83 bits per heavy atom. The van der Waals surface area contributed by atoms with Gasteiger partial charge in [-0.25, -0.2) is 8.78 Å². The van der Waals surface area contributed by atoms with Gasteiger partial charge in [0.1, 0.15) is 29.8 Å². The van der Waals surface area contributed by atoms with E-state index in [4.69, 9.17) is 9.72 Å². The van der Waals surface area contributed by atoms with Gasteiger partial charge < -0.3 is 9.64 Å². The Kier molecular flexibility index (Phi) is 6.55. The number of pyridine rings is 1. The summed E-state index contributed by atoms with van der Waals surface area (Å²) >= 11 is 0. The minimum absolute atomic E-state index is 0.00594. The molecule has 4 fully saturated rings. The lowest BCUT2D eigenvalue weighted by molar-refractivity contribution is -0.127. The third-order valence-corrected chi connectivity index (χ3v) is 9.44. The Bertz CT molecular complexity index is 1460. The van der Waals surface area contributed by atoms with Gasteiger partial charge in [0.05, 0.1) is 17.3 Å². The van der Waals surface area contributed by atoms with Crippen LogP contribution in [0.5, 0.6) is 6.01 Å². The van der Waals surface area contributed by atoms with Crippen LogP contribution in [0.25, 0.3) is 22.2 Å². The molecule has 0 radical (unpaired) electrons. The van der Waals surface area contributed by atoms with E-state index in [1.54, 1.807) is 6.07 Å². The Morgan fingerprint density at radius 3 is 2.61 bits per heavy atom. The minimum atomic E-state index is -4.46. The fourth-order valence-electron chi connectivity index (χ4n) is 7.67. The average molecular weight is 574 g/mol. The molecule has 0 amide bonds. The maximum atomic E-state index is 16.3. The number of ether oxygens (including phenoxy) is 1. The number of halogens is 5. The summed E-state index contributed by atoms with van der Waals surface area (Å²) in [6, 6.07) is 5.84. The Labute approximate surface area is 234 Å². The van der Waals surface area contributed by atoms with Gasteiger partial charge >= 0.3 is 12.2 Å². The zero-order valence-electron chi connectivity index (χ0n) is 22.6. The molecule has 7 rings (SSSR count). The fourth-order valence-corrected chi connectivity index (χ4v) is 7.67. The molecule has 2 bridgehead atoms. The maximum Gasteiger partial charge on any atom is 0.393 e. The summed E-state index contributed by atoms with van der Waals surface area (Å²) in [7, 11) is 0. The molecule has 3 aliphatic heterocycles. The third-order valence-electron chi connectivity index (χ3n) is 9.44. The maximum absolute atomic E-state index is 16.3. The normalized spacial score (nSPS) is 28.0. The van der Waals surface area contributed by atoms with Gasteiger partial charge in [0.2, 0.25) is 0 Å². The molecule has 0 N–H and O–H groups in total. The number of anilines is 1. The number of rotatable bonds is 6. The number of benzene rings is 1. The molecule has 2 unspecified atom stereocenters. The molecular weight excluding hydrogens is 541 g/mol. The Morgan fingerprint density at radius 1 is 1.05 bits per heavy atom. The number of nitrogens with zero attached hydrogens (tertiary/aromatic N) is 5. The number of aromatic nitrogens is 3. The van der Waals surface area contributed by atoms with Gasteiger partial charge in [-0.3, -0.25) is 9.88 Å². The van der Waals surface area contributed by atoms with E-state index in [1.165, 1.54) is 30.8 Å². The van der Waals surface area contributed by atoms with Crippen molar-refractivity contribution in [2.24, 2.45) is 11.8 Å². The molecule has 2 aromatic heterocycles. The zero-order valence-corrected chi connectivity index (χ0v) is 22.6. The van der Waals surface area contributed by atoms with E-state index in [-0.39, 0.29) is 35.0 Å². The number of piperidine rings is 1. The molecule has 5 heterocycles. The van der Waals surface area contributed by atoms with Gasteiger partial charge in [0.25, 0.3) is 0 Å². The van der Waals surface area contributed by atoms with Gasteiger partial charge in [-0.2, -0.15) is 23.1 Å². The van der Waals surface area contributed by atoms with E-state index in [9.17, 15) is 17.6 Å². The van der Waals surface area contributed by atoms with Crippen molar-refractivity contribution >= 4 is 16.7 Å². The van der Waals surface area contributed by atoms with Crippen molar-refractivity contribution in [3.05, 3.63) is 41.8 Å². The molecule has 3 aromatic rings. The zero-order chi connectivity index (χ0) is 28.4. The van der Waals surface area contributed by atoms with Gasteiger partial charge in [-0.1, -0.05) is 24.3 Å². The van der Waals surface area contributed by atoms with Crippen molar-refractivity contribution in [1.29, 1.82) is 0 Å². The van der Waals surface area contributed by atoms with Crippen LogP contribution in [0.15, 0.2) is 30.5 Å². The smallest absolute Gasteiger partial charge is 0.393 e. The van der Waals surface area contributed by atoms with E-state index in [1.807, 2.05) is 0 Å². The topological polar surface area (TPSA) is 54.4 Å². The van der Waals surface area contributed by atoms with Crippen LogP contribution in [-0.2, 0) is 6.42 Å². The molecular formula is C30H32F5N5O. The first-order chi connectivity index (χ1) is 19.7. The monoisotopic (exact) mass is 573 g/mol. The fraction of sp³-hybridized carbons (Fsp3) is 0.567. The highest BCUT2D eigenvalue weighted by Gasteiger charge is 2.49. The first-order valence-corrected chi connectivity index (χ1v) is 14.5. The highest BCUT2D eigenvalue weighted by Crippen LogP contribution is 2.42. The number of hydrogen-bond acceptors (Lipinski definition) is 6. The summed E-state index contributed by atoms with van der Waals surface area (Å²) in [4.78, 5) is 17.8. The summed E-state index contributed by atoms with van der Waals surface area (Å²) in [5.74, 6) is 0.774. The summed E-state index contributed by atoms with van der Waals surface area (Å²) in [6.07, 6.45) is 0.482. The van der Waals surface area contributed by atoms with Crippen LogP contribution in [0.2, 0.25) is 0 Å². The molecule has 3 saturated heterocycles. The van der Waals surface area contributed by atoms with E-state index >= 15 is 4.39 Å². The molecule has 1 aliphatic carbocycles. The van der Waals surface area contributed by atoms with Crippen molar-refractivity contribution in [3.63, 3.8) is 0 Å². The second-order valence-electron chi connectivity index (χ2n) is 12.3. The lowest BCUT2D eigenvalue weighted by atomic mass is 9.95. The first-order valence-electron chi connectivity index (χ1n) is 14.5. The van der Waals surface area contributed by atoms with Gasteiger partial charge in [-0.15, -0.1) is 0 Å². The highest BCUT2D eigenvalue weighted by atomic mass is 19.4. The predicted molar refractivity (Wildman–Crippen MR) is 144 cm³/mol. The number of alkyl halides is 4.